The van der Waals surface area contributed by atoms with Gasteiger partial charge in [-0.15, -0.1) is 0 Å². The van der Waals surface area contributed by atoms with Gasteiger partial charge in [-0.3, -0.25) is 9.59 Å². The minimum Gasteiger partial charge on any atom is -0.481 e. The Bertz CT molecular complexity index is 530. The first-order chi connectivity index (χ1) is 9.68. The number of halogens is 1. The molecule has 0 spiro atoms. The standard InChI is InChI=1S/C16H22FNO3/c1-10(2)16(4,15(20)21)9-14(19)18-11(3)12-7-5-6-8-13(12)17/h5-8,10-11H,9H2,1-4H3,(H,18,19)(H,20,21). The number of benzene rings is 1. The van der Waals surface area contributed by atoms with E-state index >= 15 is 0 Å². The molecule has 0 aromatic heterocycles. The van der Waals surface area contributed by atoms with Gasteiger partial charge in [-0.05, 0) is 25.8 Å². The second kappa shape index (κ2) is 6.70. The number of carboxylic acid groups (broad SMARTS) is 1. The van der Waals surface area contributed by atoms with E-state index < -0.39 is 29.2 Å². The molecule has 0 fully saturated rings. The van der Waals surface area contributed by atoms with E-state index in [4.69, 9.17) is 0 Å². The van der Waals surface area contributed by atoms with Gasteiger partial charge < -0.3 is 10.4 Å². The maximum absolute atomic E-state index is 13.6. The first-order valence-corrected chi connectivity index (χ1v) is 6.95. The Morgan fingerprint density at radius 3 is 2.33 bits per heavy atom. The lowest BCUT2D eigenvalue weighted by Crippen LogP contribution is -2.39. The maximum Gasteiger partial charge on any atom is 0.310 e. The molecule has 0 aliphatic carbocycles. The third-order valence-electron chi connectivity index (χ3n) is 4.04. The van der Waals surface area contributed by atoms with Crippen LogP contribution in [-0.4, -0.2) is 17.0 Å². The predicted octanol–water partition coefficient (Wildman–Crippen LogP) is 3.14. The first kappa shape index (κ1) is 17.1. The Morgan fingerprint density at radius 1 is 1.29 bits per heavy atom. The minimum absolute atomic E-state index is 0.140. The zero-order valence-electron chi connectivity index (χ0n) is 12.8. The Balaban J connectivity index is 2.78. The average Bonchev–Trinajstić information content (AvgIpc) is 2.38. The highest BCUT2D eigenvalue weighted by Crippen LogP contribution is 2.31. The Hall–Kier alpha value is -1.91. The van der Waals surface area contributed by atoms with Crippen molar-refractivity contribution in [1.82, 2.24) is 5.32 Å². The normalized spacial score (nSPS) is 15.3. The summed E-state index contributed by atoms with van der Waals surface area (Å²) in [5.41, 5.74) is -0.758. The van der Waals surface area contributed by atoms with E-state index in [1.165, 1.54) is 6.07 Å². The highest BCUT2D eigenvalue weighted by Gasteiger charge is 2.39. The predicted molar refractivity (Wildman–Crippen MR) is 78.2 cm³/mol. The van der Waals surface area contributed by atoms with Gasteiger partial charge in [-0.25, -0.2) is 4.39 Å². The molecule has 21 heavy (non-hydrogen) atoms. The Labute approximate surface area is 124 Å². The van der Waals surface area contributed by atoms with Crippen LogP contribution in [0, 0.1) is 17.2 Å². The average molecular weight is 295 g/mol. The van der Waals surface area contributed by atoms with E-state index in [9.17, 15) is 19.1 Å². The molecule has 2 unspecified atom stereocenters. The summed E-state index contributed by atoms with van der Waals surface area (Å²) in [4.78, 5) is 23.4. The molecule has 0 radical (unpaired) electrons. The molecule has 2 atom stereocenters. The Morgan fingerprint density at radius 2 is 1.86 bits per heavy atom. The van der Waals surface area contributed by atoms with Crippen LogP contribution in [0.4, 0.5) is 4.39 Å². The van der Waals surface area contributed by atoms with E-state index in [1.54, 1.807) is 45.9 Å². The Kier molecular flexibility index (Phi) is 5.47. The molecule has 2 N–H and O–H groups in total. The summed E-state index contributed by atoms with van der Waals surface area (Å²) < 4.78 is 13.6. The van der Waals surface area contributed by atoms with Crippen molar-refractivity contribution >= 4 is 11.9 Å². The van der Waals surface area contributed by atoms with Crippen molar-refractivity contribution in [3.05, 3.63) is 35.6 Å². The molecular formula is C16H22FNO3. The van der Waals surface area contributed by atoms with Crippen LogP contribution in [0.2, 0.25) is 0 Å². The van der Waals surface area contributed by atoms with Gasteiger partial charge in [0.25, 0.3) is 0 Å². The van der Waals surface area contributed by atoms with Gasteiger partial charge in [0.15, 0.2) is 0 Å². The van der Waals surface area contributed by atoms with Gasteiger partial charge in [0.1, 0.15) is 5.82 Å². The van der Waals surface area contributed by atoms with Crippen LogP contribution in [-0.2, 0) is 9.59 Å². The lowest BCUT2D eigenvalue weighted by molar-refractivity contribution is -0.153. The van der Waals surface area contributed by atoms with Crippen LogP contribution in [0.25, 0.3) is 0 Å². The van der Waals surface area contributed by atoms with Crippen molar-refractivity contribution in [3.63, 3.8) is 0 Å². The zero-order chi connectivity index (χ0) is 16.2. The molecule has 0 saturated heterocycles. The zero-order valence-corrected chi connectivity index (χ0v) is 12.8. The molecule has 0 aliphatic rings. The third kappa shape index (κ3) is 4.03. The molecule has 5 heteroatoms. The number of hydrogen-bond donors (Lipinski definition) is 2. The van der Waals surface area contributed by atoms with Crippen molar-refractivity contribution in [2.75, 3.05) is 0 Å². The van der Waals surface area contributed by atoms with Gasteiger partial charge in [0, 0.05) is 12.0 Å². The van der Waals surface area contributed by atoms with Crippen molar-refractivity contribution < 1.29 is 19.1 Å². The van der Waals surface area contributed by atoms with Crippen LogP contribution in [0.1, 0.15) is 45.7 Å². The molecule has 0 saturated carbocycles. The SMILES string of the molecule is CC(NC(=O)CC(C)(C(=O)O)C(C)C)c1ccccc1F. The van der Waals surface area contributed by atoms with Crippen molar-refractivity contribution in [2.24, 2.45) is 11.3 Å². The van der Waals surface area contributed by atoms with E-state index in [-0.39, 0.29) is 12.3 Å². The van der Waals surface area contributed by atoms with E-state index in [0.717, 1.165) is 0 Å². The highest BCUT2D eigenvalue weighted by molar-refractivity contribution is 5.85. The number of aliphatic carboxylic acids is 1. The van der Waals surface area contributed by atoms with Gasteiger partial charge in [-0.2, -0.15) is 0 Å². The fourth-order valence-electron chi connectivity index (χ4n) is 2.06. The quantitative estimate of drug-likeness (QED) is 0.847. The summed E-state index contributed by atoms with van der Waals surface area (Å²) in [5, 5.41) is 12.0. The maximum atomic E-state index is 13.6. The van der Waals surface area contributed by atoms with Crippen LogP contribution in [0.5, 0.6) is 0 Å². The first-order valence-electron chi connectivity index (χ1n) is 6.95. The number of carboxylic acids is 1. The molecule has 1 aromatic rings. The number of carbonyl (C=O) groups excluding carboxylic acids is 1. The lowest BCUT2D eigenvalue weighted by atomic mass is 9.76. The van der Waals surface area contributed by atoms with Crippen molar-refractivity contribution in [2.45, 2.75) is 40.2 Å². The molecule has 0 bridgehead atoms. The molecule has 1 rings (SSSR count). The molecule has 1 amide bonds. The van der Waals surface area contributed by atoms with E-state index in [2.05, 4.69) is 5.32 Å². The van der Waals surface area contributed by atoms with Gasteiger partial charge in [-0.1, -0.05) is 32.0 Å². The highest BCUT2D eigenvalue weighted by atomic mass is 19.1. The smallest absolute Gasteiger partial charge is 0.310 e. The number of rotatable bonds is 6. The second-order valence-corrected chi connectivity index (χ2v) is 5.86. The molecule has 0 heterocycles. The molecule has 1 aromatic carbocycles. The third-order valence-corrected chi connectivity index (χ3v) is 4.04. The molecule has 116 valence electrons. The number of nitrogens with one attached hydrogen (secondary N) is 1. The summed E-state index contributed by atoms with van der Waals surface area (Å²) in [6, 6.07) is 5.68. The number of hydrogen-bond acceptors (Lipinski definition) is 2. The van der Waals surface area contributed by atoms with Crippen LogP contribution >= 0.6 is 0 Å². The van der Waals surface area contributed by atoms with Crippen molar-refractivity contribution in [3.8, 4) is 0 Å². The lowest BCUT2D eigenvalue weighted by Gasteiger charge is -2.29. The van der Waals surface area contributed by atoms with Crippen LogP contribution in [0.15, 0.2) is 24.3 Å². The van der Waals surface area contributed by atoms with Gasteiger partial charge in [0.2, 0.25) is 5.91 Å². The minimum atomic E-state index is -1.14. The summed E-state index contributed by atoms with van der Waals surface area (Å²) in [6.07, 6.45) is -0.140. The molecule has 0 aliphatic heterocycles. The summed E-state index contributed by atoms with van der Waals surface area (Å²) in [7, 11) is 0. The second-order valence-electron chi connectivity index (χ2n) is 5.86. The fourth-order valence-corrected chi connectivity index (χ4v) is 2.06. The van der Waals surface area contributed by atoms with Crippen LogP contribution in [0.3, 0.4) is 0 Å². The van der Waals surface area contributed by atoms with E-state index in [0.29, 0.717) is 5.56 Å². The van der Waals surface area contributed by atoms with Gasteiger partial charge in [0.05, 0.1) is 11.5 Å². The number of amides is 1. The molecule has 4 nitrogen and oxygen atoms in total. The fraction of sp³-hybridized carbons (Fsp3) is 0.500. The largest absolute Gasteiger partial charge is 0.481 e. The monoisotopic (exact) mass is 295 g/mol. The van der Waals surface area contributed by atoms with E-state index in [1.807, 2.05) is 0 Å². The molecular weight excluding hydrogens is 273 g/mol. The topological polar surface area (TPSA) is 66.4 Å². The van der Waals surface area contributed by atoms with Crippen LogP contribution < -0.4 is 5.32 Å². The summed E-state index contributed by atoms with van der Waals surface area (Å²) in [6.45, 7) is 6.75. The summed E-state index contributed by atoms with van der Waals surface area (Å²) >= 11 is 0. The number of carbonyl (C=O) groups is 2. The summed E-state index contributed by atoms with van der Waals surface area (Å²) in [5.74, 6) is -1.99. The van der Waals surface area contributed by atoms with Gasteiger partial charge >= 0.3 is 5.97 Å². The van der Waals surface area contributed by atoms with Crippen molar-refractivity contribution in [1.29, 1.82) is 0 Å².